The molecule has 3 nitrogen and oxygen atoms in total. The molecular formula is C40H27N3. The van der Waals surface area contributed by atoms with Crippen LogP contribution in [0.1, 0.15) is 11.1 Å². The molecule has 0 amide bonds. The fraction of sp³-hybridized carbons (Fsp3) is 0.0250. The topological polar surface area (TPSA) is 38.7 Å². The maximum atomic E-state index is 5.02. The number of aromatic nitrogens is 3. The van der Waals surface area contributed by atoms with Crippen molar-refractivity contribution in [1.82, 2.24) is 15.0 Å². The number of nitrogens with zero attached hydrogens (tertiary/aromatic N) is 3. The van der Waals surface area contributed by atoms with Crippen molar-refractivity contribution in [2.75, 3.05) is 0 Å². The molecule has 3 heteroatoms. The van der Waals surface area contributed by atoms with E-state index in [1.807, 2.05) is 60.7 Å². The third kappa shape index (κ3) is 4.71. The monoisotopic (exact) mass is 549 g/mol. The summed E-state index contributed by atoms with van der Waals surface area (Å²) >= 11 is 0. The maximum absolute atomic E-state index is 5.02. The van der Waals surface area contributed by atoms with Crippen LogP contribution in [-0.2, 0) is 6.42 Å². The molecule has 0 unspecified atom stereocenters. The summed E-state index contributed by atoms with van der Waals surface area (Å²) in [5.74, 6) is 2.06. The van der Waals surface area contributed by atoms with E-state index in [-0.39, 0.29) is 0 Å². The van der Waals surface area contributed by atoms with Crippen molar-refractivity contribution in [2.45, 2.75) is 6.42 Å². The summed E-state index contributed by atoms with van der Waals surface area (Å²) in [5, 5.41) is 0. The first-order valence-electron chi connectivity index (χ1n) is 14.6. The minimum atomic E-state index is 0.679. The van der Waals surface area contributed by atoms with Crippen molar-refractivity contribution >= 4 is 0 Å². The highest BCUT2D eigenvalue weighted by molar-refractivity contribution is 5.86. The van der Waals surface area contributed by atoms with E-state index < -0.39 is 0 Å². The van der Waals surface area contributed by atoms with Gasteiger partial charge in [-0.2, -0.15) is 0 Å². The van der Waals surface area contributed by atoms with E-state index in [2.05, 4.69) is 91.0 Å². The van der Waals surface area contributed by atoms with Gasteiger partial charge in [0.05, 0.1) is 0 Å². The van der Waals surface area contributed by atoms with E-state index in [9.17, 15) is 0 Å². The van der Waals surface area contributed by atoms with Gasteiger partial charge in [0, 0.05) is 16.7 Å². The normalized spacial score (nSPS) is 11.6. The Morgan fingerprint density at radius 2 is 0.791 bits per heavy atom. The smallest absolute Gasteiger partial charge is 0.164 e. The molecule has 1 heterocycles. The Balaban J connectivity index is 1.20. The Morgan fingerprint density at radius 1 is 0.326 bits per heavy atom. The summed E-state index contributed by atoms with van der Waals surface area (Å²) in [5.41, 5.74) is 13.0. The molecule has 0 aliphatic heterocycles. The zero-order valence-electron chi connectivity index (χ0n) is 23.5. The minimum Gasteiger partial charge on any atom is -0.208 e. The van der Waals surface area contributed by atoms with Crippen LogP contribution in [0.4, 0.5) is 0 Å². The first-order chi connectivity index (χ1) is 21.3. The molecule has 0 spiro atoms. The third-order valence-electron chi connectivity index (χ3n) is 8.21. The van der Waals surface area contributed by atoms with E-state index >= 15 is 0 Å². The van der Waals surface area contributed by atoms with Crippen molar-refractivity contribution < 1.29 is 0 Å². The zero-order chi connectivity index (χ0) is 28.6. The van der Waals surface area contributed by atoms with E-state index in [4.69, 9.17) is 15.0 Å². The highest BCUT2D eigenvalue weighted by atomic mass is 15.0. The molecule has 43 heavy (non-hydrogen) atoms. The van der Waals surface area contributed by atoms with E-state index in [0.717, 1.165) is 23.1 Å². The van der Waals surface area contributed by atoms with Gasteiger partial charge in [0.25, 0.3) is 0 Å². The fourth-order valence-corrected chi connectivity index (χ4v) is 6.01. The lowest BCUT2D eigenvalue weighted by molar-refractivity contribution is 1.07. The molecule has 6 aromatic carbocycles. The molecule has 202 valence electrons. The Hall–Kier alpha value is -5.67. The summed E-state index contributed by atoms with van der Waals surface area (Å²) in [4.78, 5) is 14.9. The van der Waals surface area contributed by atoms with Crippen LogP contribution in [0.15, 0.2) is 152 Å². The molecular weight excluding hydrogens is 522 g/mol. The van der Waals surface area contributed by atoms with Crippen LogP contribution in [0.25, 0.3) is 67.5 Å². The van der Waals surface area contributed by atoms with Gasteiger partial charge in [0.2, 0.25) is 0 Å². The van der Waals surface area contributed by atoms with Gasteiger partial charge in [-0.15, -0.1) is 0 Å². The molecule has 0 N–H and O–H groups in total. The standard InChI is InChI=1S/C40H27N3/c1-4-11-27(12-5-1)28-19-21-29(22-20-28)32-23-24-33-26-37-34(36(33)25-32)17-10-18-35(37)40-42-38(30-13-6-2-7-14-30)41-39(43-40)31-15-8-3-9-16-31/h1-25H,26H2. The molecule has 1 aromatic heterocycles. The van der Waals surface area contributed by atoms with Gasteiger partial charge in [0.15, 0.2) is 17.5 Å². The van der Waals surface area contributed by atoms with Crippen LogP contribution in [0.2, 0.25) is 0 Å². The van der Waals surface area contributed by atoms with Crippen molar-refractivity contribution in [3.63, 3.8) is 0 Å². The summed E-state index contributed by atoms with van der Waals surface area (Å²) in [6.45, 7) is 0. The first-order valence-corrected chi connectivity index (χ1v) is 14.6. The molecule has 0 bridgehead atoms. The molecule has 0 saturated heterocycles. The Morgan fingerprint density at radius 3 is 1.40 bits per heavy atom. The van der Waals surface area contributed by atoms with Gasteiger partial charge in [-0.3, -0.25) is 0 Å². The quantitative estimate of drug-likeness (QED) is 0.214. The Bertz CT molecular complexity index is 2010. The third-order valence-corrected chi connectivity index (χ3v) is 8.21. The van der Waals surface area contributed by atoms with E-state index in [1.54, 1.807) is 0 Å². The average molecular weight is 550 g/mol. The molecule has 7 aromatic rings. The predicted molar refractivity (Wildman–Crippen MR) is 175 cm³/mol. The lowest BCUT2D eigenvalue weighted by Crippen LogP contribution is -2.01. The average Bonchev–Trinajstić information content (AvgIpc) is 3.47. The number of hydrogen-bond donors (Lipinski definition) is 0. The lowest BCUT2D eigenvalue weighted by Gasteiger charge is -2.11. The van der Waals surface area contributed by atoms with Crippen molar-refractivity contribution in [2.24, 2.45) is 0 Å². The second kappa shape index (κ2) is 10.6. The highest BCUT2D eigenvalue weighted by Gasteiger charge is 2.24. The van der Waals surface area contributed by atoms with Gasteiger partial charge in [-0.25, -0.2) is 15.0 Å². The summed E-state index contributed by atoms with van der Waals surface area (Å²) in [6, 6.07) is 53.0. The van der Waals surface area contributed by atoms with Crippen LogP contribution in [0.5, 0.6) is 0 Å². The SMILES string of the molecule is c1ccc(-c2ccc(-c3ccc4c(c3)-c3cccc(-c5nc(-c6ccccc6)nc(-c6ccccc6)n5)c3C4)cc2)cc1. The van der Waals surface area contributed by atoms with Crippen LogP contribution >= 0.6 is 0 Å². The first kappa shape index (κ1) is 25.1. The van der Waals surface area contributed by atoms with Crippen LogP contribution in [-0.4, -0.2) is 15.0 Å². The largest absolute Gasteiger partial charge is 0.208 e. The molecule has 1 aliphatic rings. The van der Waals surface area contributed by atoms with E-state index in [0.29, 0.717) is 17.5 Å². The van der Waals surface area contributed by atoms with Crippen molar-refractivity contribution in [3.05, 3.63) is 163 Å². The molecule has 0 saturated carbocycles. The van der Waals surface area contributed by atoms with Gasteiger partial charge in [0.1, 0.15) is 0 Å². The lowest BCUT2D eigenvalue weighted by atomic mass is 9.96. The van der Waals surface area contributed by atoms with Crippen molar-refractivity contribution in [1.29, 1.82) is 0 Å². The fourth-order valence-electron chi connectivity index (χ4n) is 6.01. The number of rotatable bonds is 5. The minimum absolute atomic E-state index is 0.679. The molecule has 8 rings (SSSR count). The number of benzene rings is 6. The number of fused-ring (bicyclic) bond motifs is 3. The number of hydrogen-bond acceptors (Lipinski definition) is 3. The second-order valence-corrected chi connectivity index (χ2v) is 10.9. The van der Waals surface area contributed by atoms with Gasteiger partial charge in [-0.05, 0) is 57.0 Å². The van der Waals surface area contributed by atoms with Gasteiger partial charge >= 0.3 is 0 Å². The molecule has 0 radical (unpaired) electrons. The summed E-state index contributed by atoms with van der Waals surface area (Å²) < 4.78 is 0. The zero-order valence-corrected chi connectivity index (χ0v) is 23.5. The van der Waals surface area contributed by atoms with Crippen LogP contribution in [0.3, 0.4) is 0 Å². The second-order valence-electron chi connectivity index (χ2n) is 10.9. The Labute approximate surface area is 251 Å². The predicted octanol–water partition coefficient (Wildman–Crippen LogP) is 9.78. The Kier molecular flexibility index (Phi) is 6.20. The molecule has 0 atom stereocenters. The van der Waals surface area contributed by atoms with E-state index in [1.165, 1.54) is 44.5 Å². The maximum Gasteiger partial charge on any atom is 0.164 e. The highest BCUT2D eigenvalue weighted by Crippen LogP contribution is 2.43. The van der Waals surface area contributed by atoms with Crippen molar-refractivity contribution in [3.8, 4) is 67.5 Å². The van der Waals surface area contributed by atoms with Gasteiger partial charge in [-0.1, -0.05) is 146 Å². The summed E-state index contributed by atoms with van der Waals surface area (Å²) in [7, 11) is 0. The summed E-state index contributed by atoms with van der Waals surface area (Å²) in [6.07, 6.45) is 0.848. The van der Waals surface area contributed by atoms with Gasteiger partial charge < -0.3 is 0 Å². The van der Waals surface area contributed by atoms with Crippen LogP contribution < -0.4 is 0 Å². The molecule has 0 fully saturated rings. The molecule has 1 aliphatic carbocycles. The van der Waals surface area contributed by atoms with Crippen LogP contribution in [0, 0.1) is 0 Å².